The van der Waals surface area contributed by atoms with Crippen molar-refractivity contribution in [1.82, 2.24) is 9.29 Å². The van der Waals surface area contributed by atoms with Crippen molar-refractivity contribution in [3.63, 3.8) is 0 Å². The van der Waals surface area contributed by atoms with Crippen LogP contribution in [0.2, 0.25) is 0 Å². The molecule has 0 radical (unpaired) electrons. The lowest BCUT2D eigenvalue weighted by Gasteiger charge is -2.18. The van der Waals surface area contributed by atoms with Gasteiger partial charge in [0.05, 0.1) is 0 Å². The van der Waals surface area contributed by atoms with E-state index >= 15 is 0 Å². The van der Waals surface area contributed by atoms with Gasteiger partial charge in [0.1, 0.15) is 10.7 Å². The van der Waals surface area contributed by atoms with E-state index in [4.69, 9.17) is 5.73 Å². The molecular weight excluding hydrogens is 286 g/mol. The number of hydrogen-bond donors (Lipinski definition) is 1. The second-order valence-electron chi connectivity index (χ2n) is 4.82. The van der Waals surface area contributed by atoms with E-state index in [2.05, 4.69) is 11.9 Å². The van der Waals surface area contributed by atoms with Crippen molar-refractivity contribution in [3.8, 4) is 0 Å². The number of anilines is 1. The van der Waals surface area contributed by atoms with Gasteiger partial charge in [-0.3, -0.25) is 0 Å². The Morgan fingerprint density at radius 1 is 1.14 bits per heavy atom. The highest BCUT2D eigenvalue weighted by atomic mass is 32.2. The molecule has 0 bridgehead atoms. The van der Waals surface area contributed by atoms with Crippen molar-refractivity contribution in [2.75, 3.05) is 12.8 Å². The highest BCUT2D eigenvalue weighted by Gasteiger charge is 2.23. The third-order valence-electron chi connectivity index (χ3n) is 3.32. The van der Waals surface area contributed by atoms with Gasteiger partial charge in [0.15, 0.2) is 0 Å². The zero-order valence-corrected chi connectivity index (χ0v) is 13.0. The monoisotopic (exact) mass is 305 g/mol. The van der Waals surface area contributed by atoms with Crippen molar-refractivity contribution in [3.05, 3.63) is 53.7 Å². The number of aryl methyl sites for hydroxylation is 1. The van der Waals surface area contributed by atoms with Crippen LogP contribution in [0.1, 0.15) is 18.1 Å². The summed E-state index contributed by atoms with van der Waals surface area (Å²) in [5, 5.41) is 0. The Labute approximate surface area is 125 Å². The van der Waals surface area contributed by atoms with Gasteiger partial charge in [-0.2, -0.15) is 4.31 Å². The van der Waals surface area contributed by atoms with Crippen LogP contribution in [-0.2, 0) is 23.0 Å². The van der Waals surface area contributed by atoms with E-state index in [1.165, 1.54) is 29.2 Å². The Morgan fingerprint density at radius 3 is 2.33 bits per heavy atom. The van der Waals surface area contributed by atoms with Gasteiger partial charge in [0.25, 0.3) is 0 Å². The van der Waals surface area contributed by atoms with Crippen LogP contribution in [0.3, 0.4) is 0 Å². The number of nitrogens with two attached hydrogens (primary N) is 1. The highest BCUT2D eigenvalue weighted by molar-refractivity contribution is 7.89. The molecule has 0 unspecified atom stereocenters. The van der Waals surface area contributed by atoms with Gasteiger partial charge < -0.3 is 5.73 Å². The molecule has 21 heavy (non-hydrogen) atoms. The summed E-state index contributed by atoms with van der Waals surface area (Å²) in [4.78, 5) is 3.87. The Hall–Kier alpha value is -1.92. The number of rotatable bonds is 5. The van der Waals surface area contributed by atoms with Crippen LogP contribution in [0.4, 0.5) is 5.82 Å². The Bertz CT molecular complexity index is 712. The van der Waals surface area contributed by atoms with Crippen LogP contribution >= 0.6 is 0 Å². The van der Waals surface area contributed by atoms with E-state index < -0.39 is 10.0 Å². The minimum Gasteiger partial charge on any atom is -0.383 e. The molecule has 1 aromatic carbocycles. The fraction of sp³-hybridized carbons (Fsp3) is 0.267. The minimum atomic E-state index is -3.64. The average Bonchev–Trinajstić information content (AvgIpc) is 2.48. The third-order valence-corrected chi connectivity index (χ3v) is 5.18. The lowest BCUT2D eigenvalue weighted by Crippen LogP contribution is -2.27. The number of benzene rings is 1. The number of pyridine rings is 1. The number of nitrogen functional groups attached to an aromatic ring is 1. The van der Waals surface area contributed by atoms with Crippen LogP contribution in [0.25, 0.3) is 0 Å². The number of aromatic nitrogens is 1. The summed E-state index contributed by atoms with van der Waals surface area (Å²) in [5.41, 5.74) is 7.81. The molecule has 0 atom stereocenters. The molecule has 2 rings (SSSR count). The molecule has 0 amide bonds. The number of nitrogens with zero attached hydrogens (tertiary/aromatic N) is 2. The molecule has 0 aliphatic heterocycles. The molecule has 0 fully saturated rings. The van der Waals surface area contributed by atoms with Gasteiger partial charge in [-0.25, -0.2) is 13.4 Å². The van der Waals surface area contributed by atoms with Crippen molar-refractivity contribution >= 4 is 15.8 Å². The first-order chi connectivity index (χ1) is 9.95. The third kappa shape index (κ3) is 3.40. The molecule has 0 aliphatic carbocycles. The van der Waals surface area contributed by atoms with E-state index in [9.17, 15) is 8.42 Å². The molecule has 0 aliphatic rings. The fourth-order valence-electron chi connectivity index (χ4n) is 2.01. The smallest absolute Gasteiger partial charge is 0.246 e. The quantitative estimate of drug-likeness (QED) is 0.917. The topological polar surface area (TPSA) is 76.3 Å². The van der Waals surface area contributed by atoms with E-state index in [1.807, 2.05) is 24.3 Å². The van der Waals surface area contributed by atoms with Gasteiger partial charge in [-0.15, -0.1) is 0 Å². The molecule has 5 nitrogen and oxygen atoms in total. The largest absolute Gasteiger partial charge is 0.383 e. The zero-order valence-electron chi connectivity index (χ0n) is 12.2. The Morgan fingerprint density at radius 2 is 1.76 bits per heavy atom. The standard InChI is InChI=1S/C15H19N3O2S/c1-3-12-6-8-13(9-7-12)11-18(2)21(19,20)14-5-4-10-17-15(14)16/h4-10H,3,11H2,1-2H3,(H2,16,17). The Kier molecular flexibility index (Phi) is 4.59. The summed E-state index contributed by atoms with van der Waals surface area (Å²) in [6.07, 6.45) is 2.43. The van der Waals surface area contributed by atoms with Crippen molar-refractivity contribution in [2.24, 2.45) is 0 Å². The SMILES string of the molecule is CCc1ccc(CN(C)S(=O)(=O)c2cccnc2N)cc1. The maximum Gasteiger partial charge on any atom is 0.246 e. The average molecular weight is 305 g/mol. The molecule has 2 aromatic rings. The number of sulfonamides is 1. The maximum atomic E-state index is 12.5. The first kappa shape index (κ1) is 15.5. The van der Waals surface area contributed by atoms with Crippen LogP contribution in [0, 0.1) is 0 Å². The van der Waals surface area contributed by atoms with E-state index in [0.29, 0.717) is 6.54 Å². The van der Waals surface area contributed by atoms with Crippen molar-refractivity contribution < 1.29 is 8.42 Å². The van der Waals surface area contributed by atoms with Crippen LogP contribution in [0.5, 0.6) is 0 Å². The predicted molar refractivity (Wildman–Crippen MR) is 83.1 cm³/mol. The molecule has 112 valence electrons. The van der Waals surface area contributed by atoms with Gasteiger partial charge in [0.2, 0.25) is 10.0 Å². The summed E-state index contributed by atoms with van der Waals surface area (Å²) < 4.78 is 26.3. The summed E-state index contributed by atoms with van der Waals surface area (Å²) in [6, 6.07) is 10.9. The fourth-order valence-corrected chi connectivity index (χ4v) is 3.23. The van der Waals surface area contributed by atoms with E-state index in [0.717, 1.165) is 12.0 Å². The van der Waals surface area contributed by atoms with Gasteiger partial charge in [-0.05, 0) is 29.7 Å². The van der Waals surface area contributed by atoms with E-state index in [1.54, 1.807) is 6.07 Å². The van der Waals surface area contributed by atoms with Gasteiger partial charge >= 0.3 is 0 Å². The normalized spacial score (nSPS) is 11.8. The van der Waals surface area contributed by atoms with Gasteiger partial charge in [-0.1, -0.05) is 31.2 Å². The second-order valence-corrected chi connectivity index (χ2v) is 6.83. The first-order valence-corrected chi connectivity index (χ1v) is 8.13. The van der Waals surface area contributed by atoms with Crippen LogP contribution in [0.15, 0.2) is 47.5 Å². The number of hydrogen-bond acceptors (Lipinski definition) is 4. The zero-order chi connectivity index (χ0) is 15.5. The molecule has 0 saturated carbocycles. The minimum absolute atomic E-state index is 0.0191. The molecule has 1 heterocycles. The highest BCUT2D eigenvalue weighted by Crippen LogP contribution is 2.20. The molecule has 2 N–H and O–H groups in total. The molecule has 0 spiro atoms. The molecule has 1 aromatic heterocycles. The first-order valence-electron chi connectivity index (χ1n) is 6.69. The van der Waals surface area contributed by atoms with Crippen molar-refractivity contribution in [2.45, 2.75) is 24.8 Å². The summed E-state index contributed by atoms with van der Waals surface area (Å²) in [7, 11) is -2.10. The molecule has 6 heteroatoms. The molecular formula is C15H19N3O2S. The predicted octanol–water partition coefficient (Wildman–Crippen LogP) is 2.05. The summed E-state index contributed by atoms with van der Waals surface area (Å²) in [6.45, 7) is 2.37. The second kappa shape index (κ2) is 6.24. The van der Waals surface area contributed by atoms with Crippen molar-refractivity contribution in [1.29, 1.82) is 0 Å². The summed E-state index contributed by atoms with van der Waals surface area (Å²) >= 11 is 0. The lowest BCUT2D eigenvalue weighted by atomic mass is 10.1. The maximum absolute atomic E-state index is 12.5. The lowest BCUT2D eigenvalue weighted by molar-refractivity contribution is 0.467. The molecule has 0 saturated heterocycles. The van der Waals surface area contributed by atoms with Gasteiger partial charge in [0, 0.05) is 19.8 Å². The van der Waals surface area contributed by atoms with Crippen LogP contribution in [-0.4, -0.2) is 24.8 Å². The van der Waals surface area contributed by atoms with Crippen LogP contribution < -0.4 is 5.73 Å². The summed E-state index contributed by atoms with van der Waals surface area (Å²) in [5.74, 6) is 0.0191. The Balaban J connectivity index is 2.22. The van der Waals surface area contributed by atoms with E-state index in [-0.39, 0.29) is 10.7 Å².